The quantitative estimate of drug-likeness (QED) is 0.321. The highest BCUT2D eigenvalue weighted by Crippen LogP contribution is 2.47. The minimum Gasteiger partial charge on any atom is -0.454 e. The van der Waals surface area contributed by atoms with Gasteiger partial charge in [-0.2, -0.15) is 0 Å². The first-order valence-corrected chi connectivity index (χ1v) is 12.0. The molecule has 2 aliphatic heterocycles. The molecule has 0 spiro atoms. The van der Waals surface area contributed by atoms with E-state index in [2.05, 4.69) is 4.98 Å². The summed E-state index contributed by atoms with van der Waals surface area (Å²) in [5.41, 5.74) is 4.54. The minimum absolute atomic E-state index is 0.0571. The first-order chi connectivity index (χ1) is 18.1. The van der Waals surface area contributed by atoms with Crippen LogP contribution >= 0.6 is 0 Å². The maximum Gasteiger partial charge on any atom is 0.514 e. The van der Waals surface area contributed by atoms with Crippen molar-refractivity contribution in [3.8, 4) is 23.0 Å². The average molecular weight is 504 g/mol. The second-order valence-electron chi connectivity index (χ2n) is 8.50. The molecule has 2 aliphatic rings. The summed E-state index contributed by atoms with van der Waals surface area (Å²) in [6, 6.07) is 13.4. The van der Waals surface area contributed by atoms with Crippen molar-refractivity contribution in [1.29, 1.82) is 0 Å². The van der Waals surface area contributed by atoms with Gasteiger partial charge in [0.05, 0.1) is 31.1 Å². The van der Waals surface area contributed by atoms with E-state index < -0.39 is 12.3 Å². The predicted octanol–water partition coefficient (Wildman–Crippen LogP) is 5.31. The summed E-state index contributed by atoms with van der Waals surface area (Å²) < 4.78 is 34.1. The van der Waals surface area contributed by atoms with E-state index in [0.717, 1.165) is 27.7 Å². The minimum atomic E-state index is -0.900. The number of fused-ring (bicyclic) bond motifs is 5. The van der Waals surface area contributed by atoms with Crippen LogP contribution in [-0.4, -0.2) is 41.9 Å². The number of aromatic nitrogens is 2. The number of ether oxygens (including phenoxy) is 6. The van der Waals surface area contributed by atoms with Gasteiger partial charge < -0.3 is 38.0 Å². The van der Waals surface area contributed by atoms with Crippen molar-refractivity contribution in [3.63, 3.8) is 0 Å². The van der Waals surface area contributed by atoms with Crippen molar-refractivity contribution in [2.75, 3.05) is 20.0 Å². The Balaban J connectivity index is 1.54. The van der Waals surface area contributed by atoms with Gasteiger partial charge in [-0.3, -0.25) is 0 Å². The lowest BCUT2D eigenvalue weighted by Gasteiger charge is -2.27. The van der Waals surface area contributed by atoms with Crippen molar-refractivity contribution >= 4 is 23.2 Å². The first kappa shape index (κ1) is 22.8. The predicted molar refractivity (Wildman–Crippen MR) is 131 cm³/mol. The third-order valence-corrected chi connectivity index (χ3v) is 6.41. The fraction of sp³-hybridized carbons (Fsp3) is 0.259. The second-order valence-corrected chi connectivity index (χ2v) is 8.50. The van der Waals surface area contributed by atoms with Gasteiger partial charge in [-0.1, -0.05) is 24.3 Å². The molecule has 1 atom stereocenters. The van der Waals surface area contributed by atoms with Crippen LogP contribution in [0.3, 0.4) is 0 Å². The fourth-order valence-electron chi connectivity index (χ4n) is 4.94. The van der Waals surface area contributed by atoms with Gasteiger partial charge in [0, 0.05) is 23.0 Å². The molecule has 190 valence electrons. The van der Waals surface area contributed by atoms with Gasteiger partial charge >= 0.3 is 12.3 Å². The van der Waals surface area contributed by atoms with Crippen LogP contribution in [0, 0.1) is 0 Å². The Morgan fingerprint density at radius 3 is 2.57 bits per heavy atom. The van der Waals surface area contributed by atoms with Crippen LogP contribution in [0.2, 0.25) is 0 Å². The van der Waals surface area contributed by atoms with E-state index in [1.807, 2.05) is 47.0 Å². The highest BCUT2D eigenvalue weighted by Gasteiger charge is 2.36. The van der Waals surface area contributed by atoms with Crippen molar-refractivity contribution in [3.05, 3.63) is 71.2 Å². The smallest absolute Gasteiger partial charge is 0.454 e. The Morgan fingerprint density at radius 2 is 1.76 bits per heavy atom. The van der Waals surface area contributed by atoms with E-state index in [9.17, 15) is 9.59 Å². The molecule has 4 aromatic rings. The Bertz CT molecular complexity index is 1520. The molecule has 0 saturated carbocycles. The highest BCUT2D eigenvalue weighted by molar-refractivity contribution is 5.86. The molecule has 0 radical (unpaired) electrons. The maximum absolute atomic E-state index is 12.4. The van der Waals surface area contributed by atoms with Gasteiger partial charge in [0.25, 0.3) is 0 Å². The Morgan fingerprint density at radius 1 is 1.00 bits per heavy atom. The SMILES string of the molecule is CCOC(=O)Oc1cn2c(c1OC(=O)OCC)Cc1c([nH]c3ccccc13)C2c1ccc2c(c1)OCO2. The topological polar surface area (TPSA) is 110 Å². The highest BCUT2D eigenvalue weighted by atomic mass is 16.7. The molecular weight excluding hydrogens is 480 g/mol. The summed E-state index contributed by atoms with van der Waals surface area (Å²) in [7, 11) is 0. The van der Waals surface area contributed by atoms with E-state index >= 15 is 0 Å². The van der Waals surface area contributed by atoms with Gasteiger partial charge in [-0.25, -0.2) is 9.59 Å². The van der Waals surface area contributed by atoms with Gasteiger partial charge in [-0.15, -0.1) is 0 Å². The van der Waals surface area contributed by atoms with Gasteiger partial charge in [0.2, 0.25) is 6.79 Å². The number of benzene rings is 2. The second kappa shape index (κ2) is 9.12. The zero-order valence-electron chi connectivity index (χ0n) is 20.2. The van der Waals surface area contributed by atoms with Crippen LogP contribution in [0.15, 0.2) is 48.7 Å². The van der Waals surface area contributed by atoms with Crippen molar-refractivity contribution in [1.82, 2.24) is 9.55 Å². The number of para-hydroxylation sites is 1. The van der Waals surface area contributed by atoms with Gasteiger partial charge in [0.15, 0.2) is 23.0 Å². The molecule has 1 N–H and O–H groups in total. The molecule has 0 saturated heterocycles. The van der Waals surface area contributed by atoms with Gasteiger partial charge in [0.1, 0.15) is 0 Å². The zero-order chi connectivity index (χ0) is 25.5. The molecule has 0 fully saturated rings. The number of rotatable bonds is 5. The summed E-state index contributed by atoms with van der Waals surface area (Å²) in [5, 5.41) is 1.05. The summed E-state index contributed by atoms with van der Waals surface area (Å²) in [4.78, 5) is 28.2. The number of carbonyl (C=O) groups excluding carboxylic acids is 2. The largest absolute Gasteiger partial charge is 0.514 e. The maximum atomic E-state index is 12.4. The Kier molecular flexibility index (Phi) is 5.63. The third-order valence-electron chi connectivity index (χ3n) is 6.41. The van der Waals surface area contributed by atoms with E-state index in [1.54, 1.807) is 20.0 Å². The van der Waals surface area contributed by atoms with Crippen molar-refractivity contribution in [2.24, 2.45) is 0 Å². The number of nitrogens with zero attached hydrogens (tertiary/aromatic N) is 1. The summed E-state index contributed by atoms with van der Waals surface area (Å²) >= 11 is 0. The molecule has 0 aliphatic carbocycles. The Labute approximate surface area is 211 Å². The molecule has 4 heterocycles. The number of hydrogen-bond acceptors (Lipinski definition) is 8. The third kappa shape index (κ3) is 3.90. The van der Waals surface area contributed by atoms with Crippen LogP contribution < -0.4 is 18.9 Å². The van der Waals surface area contributed by atoms with E-state index in [1.165, 1.54) is 0 Å². The number of nitrogens with one attached hydrogen (secondary N) is 1. The van der Waals surface area contributed by atoms with E-state index in [-0.39, 0.29) is 37.5 Å². The van der Waals surface area contributed by atoms with E-state index in [0.29, 0.717) is 23.6 Å². The zero-order valence-corrected chi connectivity index (χ0v) is 20.2. The number of carbonyl (C=O) groups is 2. The van der Waals surface area contributed by atoms with Crippen molar-refractivity contribution in [2.45, 2.75) is 26.3 Å². The molecule has 10 heteroatoms. The van der Waals surface area contributed by atoms with Crippen LogP contribution in [0.5, 0.6) is 23.0 Å². The molecule has 0 amide bonds. The number of H-pyrrole nitrogens is 1. The lowest BCUT2D eigenvalue weighted by Crippen LogP contribution is -2.22. The van der Waals surface area contributed by atoms with Crippen molar-refractivity contribution < 1.29 is 38.0 Å². The summed E-state index contributed by atoms with van der Waals surface area (Å²) in [6.07, 6.45) is 0.267. The molecule has 2 aromatic heterocycles. The normalized spacial score (nSPS) is 15.1. The molecule has 6 rings (SSSR count). The molecule has 10 nitrogen and oxygen atoms in total. The van der Waals surface area contributed by atoms with Gasteiger partial charge in [-0.05, 0) is 43.2 Å². The van der Waals surface area contributed by atoms with Crippen LogP contribution in [0.4, 0.5) is 9.59 Å². The van der Waals surface area contributed by atoms with Crippen LogP contribution in [0.25, 0.3) is 10.9 Å². The average Bonchev–Trinajstić information content (AvgIpc) is 3.58. The molecule has 2 aromatic carbocycles. The van der Waals surface area contributed by atoms with Crippen LogP contribution in [-0.2, 0) is 15.9 Å². The van der Waals surface area contributed by atoms with E-state index in [4.69, 9.17) is 28.4 Å². The Hall–Kier alpha value is -4.60. The molecule has 1 unspecified atom stereocenters. The standard InChI is InChI=1S/C27H24N2O8/c1-3-32-26(30)36-22-13-29-19(25(22)37-27(31)33-4-2)12-17-16-7-5-6-8-18(16)28-23(17)24(29)15-9-10-20-21(11-15)35-14-34-20/h5-11,13,24,28H,3-4,12,14H2,1-2H3. The fourth-order valence-corrected chi connectivity index (χ4v) is 4.94. The van der Waals surface area contributed by atoms with Crippen LogP contribution in [0.1, 0.15) is 42.4 Å². The monoisotopic (exact) mass is 504 g/mol. The lowest BCUT2D eigenvalue weighted by atomic mass is 9.92. The molecule has 0 bridgehead atoms. The summed E-state index contributed by atoms with van der Waals surface area (Å²) in [5.74, 6) is 1.47. The number of hydrogen-bond donors (Lipinski definition) is 1. The first-order valence-electron chi connectivity index (χ1n) is 12.0. The molecule has 37 heavy (non-hydrogen) atoms. The molecular formula is C27H24N2O8. The lowest BCUT2D eigenvalue weighted by molar-refractivity contribution is 0.0941. The summed E-state index contributed by atoms with van der Waals surface area (Å²) in [6.45, 7) is 3.78. The number of aromatic amines is 1.